The highest BCUT2D eigenvalue weighted by Crippen LogP contribution is 2.11. The molecule has 0 saturated heterocycles. The smallest absolute Gasteiger partial charge is 0.319 e. The fourth-order valence-electron chi connectivity index (χ4n) is 1.73. The summed E-state index contributed by atoms with van der Waals surface area (Å²) in [5.74, 6) is 0.520. The van der Waals surface area contributed by atoms with E-state index >= 15 is 0 Å². The van der Waals surface area contributed by atoms with E-state index in [1.807, 2.05) is 17.8 Å². The number of carbonyl (C=O) groups excluding carboxylic acids is 1. The molecule has 0 aliphatic rings. The van der Waals surface area contributed by atoms with E-state index in [9.17, 15) is 4.79 Å². The normalized spacial score (nSPS) is 10.8. The molecule has 2 rings (SSSR count). The molecule has 0 radical (unpaired) electrons. The number of nitrogens with one attached hydrogen (secondary N) is 2. The molecule has 20 heavy (non-hydrogen) atoms. The van der Waals surface area contributed by atoms with Crippen molar-refractivity contribution in [2.45, 2.75) is 33.9 Å². The number of rotatable bonds is 5. The Morgan fingerprint density at radius 2 is 2.25 bits per heavy atom. The van der Waals surface area contributed by atoms with Gasteiger partial charge in [0.1, 0.15) is 0 Å². The van der Waals surface area contributed by atoms with Gasteiger partial charge >= 0.3 is 6.03 Å². The number of nitrogens with zero attached hydrogens (tertiary/aromatic N) is 3. The molecule has 0 aliphatic heterocycles. The van der Waals surface area contributed by atoms with Crippen molar-refractivity contribution in [1.82, 2.24) is 20.1 Å². The summed E-state index contributed by atoms with van der Waals surface area (Å²) in [6, 6.07) is -0.236. The lowest BCUT2D eigenvalue weighted by molar-refractivity contribution is 0.252. The van der Waals surface area contributed by atoms with Crippen LogP contribution in [-0.4, -0.2) is 20.8 Å². The molecule has 0 bridgehead atoms. The highest BCUT2D eigenvalue weighted by Gasteiger charge is 2.06. The van der Waals surface area contributed by atoms with E-state index in [4.69, 9.17) is 0 Å². The predicted octanol–water partition coefficient (Wildman–Crippen LogP) is 2.63. The van der Waals surface area contributed by atoms with E-state index in [0.29, 0.717) is 18.2 Å². The van der Waals surface area contributed by atoms with Crippen molar-refractivity contribution >= 4 is 23.1 Å². The Balaban J connectivity index is 1.80. The number of aromatic nitrogens is 3. The fraction of sp³-hybridized carbons (Fsp3) is 0.462. The average Bonchev–Trinajstić information content (AvgIpc) is 2.95. The number of anilines is 1. The van der Waals surface area contributed by atoms with Crippen LogP contribution in [0, 0.1) is 12.8 Å². The first-order valence-electron chi connectivity index (χ1n) is 6.51. The SMILES string of the molecule is Cc1ncc(CNC(=O)Nc2cnn(CC(C)C)c2)s1. The highest BCUT2D eigenvalue weighted by molar-refractivity contribution is 7.11. The summed E-state index contributed by atoms with van der Waals surface area (Å²) in [6.45, 7) is 7.51. The van der Waals surface area contributed by atoms with Crippen LogP contribution in [0.3, 0.4) is 0 Å². The van der Waals surface area contributed by atoms with Gasteiger partial charge in [-0.3, -0.25) is 4.68 Å². The molecule has 0 unspecified atom stereocenters. The van der Waals surface area contributed by atoms with Crippen molar-refractivity contribution in [3.8, 4) is 0 Å². The van der Waals surface area contributed by atoms with E-state index in [1.165, 1.54) is 0 Å². The fourth-order valence-corrected chi connectivity index (χ4v) is 2.47. The van der Waals surface area contributed by atoms with Gasteiger partial charge < -0.3 is 10.6 Å². The van der Waals surface area contributed by atoms with Crippen molar-refractivity contribution < 1.29 is 4.79 Å². The Kier molecular flexibility index (Phi) is 4.73. The summed E-state index contributed by atoms with van der Waals surface area (Å²) in [5, 5.41) is 10.8. The number of aryl methyl sites for hydroxylation is 1. The van der Waals surface area contributed by atoms with Crippen LogP contribution in [0.2, 0.25) is 0 Å². The minimum absolute atomic E-state index is 0.236. The lowest BCUT2D eigenvalue weighted by Gasteiger charge is -2.05. The minimum Gasteiger partial charge on any atom is -0.333 e. The number of urea groups is 1. The molecule has 0 atom stereocenters. The third-order valence-electron chi connectivity index (χ3n) is 2.54. The zero-order chi connectivity index (χ0) is 14.5. The first kappa shape index (κ1) is 14.5. The van der Waals surface area contributed by atoms with Crippen LogP contribution < -0.4 is 10.6 Å². The molecule has 2 N–H and O–H groups in total. The third kappa shape index (κ3) is 4.34. The number of carbonyl (C=O) groups is 1. The lowest BCUT2D eigenvalue weighted by Crippen LogP contribution is -2.27. The summed E-state index contributed by atoms with van der Waals surface area (Å²) in [7, 11) is 0. The van der Waals surface area contributed by atoms with E-state index in [0.717, 1.165) is 16.4 Å². The summed E-state index contributed by atoms with van der Waals surface area (Å²) in [6.07, 6.45) is 5.26. The second kappa shape index (κ2) is 6.51. The molecule has 6 nitrogen and oxygen atoms in total. The topological polar surface area (TPSA) is 71.8 Å². The van der Waals surface area contributed by atoms with Gasteiger partial charge in [0.25, 0.3) is 0 Å². The van der Waals surface area contributed by atoms with E-state index in [-0.39, 0.29) is 6.03 Å². The Bertz CT molecular complexity index is 575. The second-order valence-corrected chi connectivity index (χ2v) is 6.32. The molecule has 0 aromatic carbocycles. The number of amides is 2. The summed E-state index contributed by atoms with van der Waals surface area (Å²) in [4.78, 5) is 16.9. The van der Waals surface area contributed by atoms with Gasteiger partial charge in [0, 0.05) is 23.8 Å². The molecule has 2 heterocycles. The van der Waals surface area contributed by atoms with Crippen LogP contribution in [0.25, 0.3) is 0 Å². The van der Waals surface area contributed by atoms with Gasteiger partial charge in [-0.2, -0.15) is 5.10 Å². The number of hydrogen-bond donors (Lipinski definition) is 2. The zero-order valence-electron chi connectivity index (χ0n) is 11.9. The zero-order valence-corrected chi connectivity index (χ0v) is 12.7. The first-order chi connectivity index (χ1) is 9.52. The molecule has 0 spiro atoms. The van der Waals surface area contributed by atoms with Crippen LogP contribution >= 0.6 is 11.3 Å². The number of hydrogen-bond acceptors (Lipinski definition) is 4. The molecule has 108 valence electrons. The molecule has 0 fully saturated rings. The predicted molar refractivity (Wildman–Crippen MR) is 79.8 cm³/mol. The molecular weight excluding hydrogens is 274 g/mol. The standard InChI is InChI=1S/C13H19N5OS/c1-9(2)7-18-8-11(4-16-18)17-13(19)15-6-12-5-14-10(3)20-12/h4-5,8-9H,6-7H2,1-3H3,(H2,15,17,19). The largest absolute Gasteiger partial charge is 0.333 e. The van der Waals surface area contributed by atoms with Crippen LogP contribution in [0.1, 0.15) is 23.7 Å². The Morgan fingerprint density at radius 1 is 1.45 bits per heavy atom. The highest BCUT2D eigenvalue weighted by atomic mass is 32.1. The second-order valence-electron chi connectivity index (χ2n) is 5.00. The summed E-state index contributed by atoms with van der Waals surface area (Å²) < 4.78 is 1.83. The van der Waals surface area contributed by atoms with Gasteiger partial charge in [-0.25, -0.2) is 9.78 Å². The Morgan fingerprint density at radius 3 is 2.90 bits per heavy atom. The molecule has 0 saturated carbocycles. The molecule has 7 heteroatoms. The Labute approximate surface area is 122 Å². The quantitative estimate of drug-likeness (QED) is 0.890. The van der Waals surface area contributed by atoms with Crippen LogP contribution in [-0.2, 0) is 13.1 Å². The molecule has 2 amide bonds. The van der Waals surface area contributed by atoms with Crippen molar-refractivity contribution in [1.29, 1.82) is 0 Å². The maximum Gasteiger partial charge on any atom is 0.319 e. The van der Waals surface area contributed by atoms with Gasteiger partial charge in [-0.15, -0.1) is 11.3 Å². The van der Waals surface area contributed by atoms with Crippen LogP contribution in [0.4, 0.5) is 10.5 Å². The number of thiazole rings is 1. The van der Waals surface area contributed by atoms with Gasteiger partial charge in [0.2, 0.25) is 0 Å². The van der Waals surface area contributed by atoms with Crippen molar-refractivity contribution in [3.63, 3.8) is 0 Å². The monoisotopic (exact) mass is 293 g/mol. The maximum absolute atomic E-state index is 11.7. The first-order valence-corrected chi connectivity index (χ1v) is 7.33. The van der Waals surface area contributed by atoms with Crippen LogP contribution in [0.15, 0.2) is 18.6 Å². The van der Waals surface area contributed by atoms with E-state index < -0.39 is 0 Å². The van der Waals surface area contributed by atoms with Gasteiger partial charge in [-0.1, -0.05) is 13.8 Å². The third-order valence-corrected chi connectivity index (χ3v) is 3.45. The van der Waals surface area contributed by atoms with E-state index in [2.05, 4.69) is 34.6 Å². The molecule has 2 aromatic heterocycles. The Hall–Kier alpha value is -1.89. The van der Waals surface area contributed by atoms with Gasteiger partial charge in [0.05, 0.1) is 23.4 Å². The molecule has 2 aromatic rings. The van der Waals surface area contributed by atoms with Crippen LogP contribution in [0.5, 0.6) is 0 Å². The summed E-state index contributed by atoms with van der Waals surface area (Å²) in [5.41, 5.74) is 0.698. The molecule has 0 aliphatic carbocycles. The van der Waals surface area contributed by atoms with Crippen molar-refractivity contribution in [2.24, 2.45) is 5.92 Å². The van der Waals surface area contributed by atoms with E-state index in [1.54, 1.807) is 23.7 Å². The average molecular weight is 293 g/mol. The molecular formula is C13H19N5OS. The van der Waals surface area contributed by atoms with Crippen molar-refractivity contribution in [3.05, 3.63) is 28.5 Å². The maximum atomic E-state index is 11.7. The van der Waals surface area contributed by atoms with Gasteiger partial charge in [-0.05, 0) is 12.8 Å². The van der Waals surface area contributed by atoms with Crippen molar-refractivity contribution in [2.75, 3.05) is 5.32 Å². The lowest BCUT2D eigenvalue weighted by atomic mass is 10.2. The summed E-state index contributed by atoms with van der Waals surface area (Å²) >= 11 is 1.58. The van der Waals surface area contributed by atoms with Gasteiger partial charge in [0.15, 0.2) is 0 Å². The minimum atomic E-state index is -0.236.